The van der Waals surface area contributed by atoms with E-state index in [2.05, 4.69) is 35.3 Å². The fourth-order valence-electron chi connectivity index (χ4n) is 4.16. The molecule has 1 aromatic heterocycles. The Morgan fingerprint density at radius 3 is 2.64 bits per heavy atom. The van der Waals surface area contributed by atoms with Crippen molar-refractivity contribution in [2.24, 2.45) is 0 Å². The van der Waals surface area contributed by atoms with Crippen molar-refractivity contribution in [3.05, 3.63) is 65.4 Å². The van der Waals surface area contributed by atoms with Gasteiger partial charge in [0.05, 0.1) is 10.6 Å². The van der Waals surface area contributed by atoms with Crippen LogP contribution < -0.4 is 0 Å². The maximum atomic E-state index is 12.7. The van der Waals surface area contributed by atoms with Crippen LogP contribution in [0.3, 0.4) is 0 Å². The number of hydrogen-bond donors (Lipinski definition) is 1. The van der Waals surface area contributed by atoms with E-state index in [4.69, 9.17) is 0 Å². The van der Waals surface area contributed by atoms with Gasteiger partial charge in [-0.3, -0.25) is 0 Å². The monoisotopic (exact) mass is 396 g/mol. The molecule has 1 N–H and O–H groups in total. The number of hydrogen-bond acceptors (Lipinski definition) is 3. The fraction of sp³-hybridized carbons (Fsp3) is 0.391. The Hall–Kier alpha value is -2.11. The van der Waals surface area contributed by atoms with Crippen molar-refractivity contribution in [2.45, 2.75) is 43.5 Å². The largest absolute Gasteiger partial charge is 0.361 e. The minimum Gasteiger partial charge on any atom is -0.361 e. The molecule has 0 saturated carbocycles. The highest BCUT2D eigenvalue weighted by atomic mass is 32.2. The second kappa shape index (κ2) is 7.72. The third-order valence-corrected chi connectivity index (χ3v) is 7.73. The molecule has 1 fully saturated rings. The number of aryl methyl sites for hydroxylation is 2. The maximum Gasteiger partial charge on any atom is 0.178 e. The van der Waals surface area contributed by atoms with Gasteiger partial charge >= 0.3 is 0 Å². The topological polar surface area (TPSA) is 53.2 Å². The molecular formula is C23H28N2O2S. The first kappa shape index (κ1) is 19.2. The average molecular weight is 397 g/mol. The Morgan fingerprint density at radius 1 is 1.14 bits per heavy atom. The first-order valence-corrected chi connectivity index (χ1v) is 11.7. The summed E-state index contributed by atoms with van der Waals surface area (Å²) in [7, 11) is -1.06. The van der Waals surface area contributed by atoms with Crippen molar-refractivity contribution in [1.82, 2.24) is 9.88 Å². The van der Waals surface area contributed by atoms with Crippen LogP contribution in [0.2, 0.25) is 0 Å². The quantitative estimate of drug-likeness (QED) is 0.682. The number of likely N-dealkylation sites (tertiary alicyclic amines) is 1. The van der Waals surface area contributed by atoms with E-state index in [1.807, 2.05) is 25.1 Å². The van der Waals surface area contributed by atoms with Gasteiger partial charge in [-0.2, -0.15) is 0 Å². The summed E-state index contributed by atoms with van der Waals surface area (Å²) in [5.41, 5.74) is 4.60. The summed E-state index contributed by atoms with van der Waals surface area (Å²) >= 11 is 0. The molecule has 4 rings (SSSR count). The Labute approximate surface area is 167 Å². The smallest absolute Gasteiger partial charge is 0.178 e. The van der Waals surface area contributed by atoms with Gasteiger partial charge in [-0.25, -0.2) is 8.42 Å². The van der Waals surface area contributed by atoms with Crippen LogP contribution >= 0.6 is 0 Å². The normalized spacial score (nSPS) is 18.1. The number of benzene rings is 2. The Bertz CT molecular complexity index is 1070. The molecule has 1 aliphatic heterocycles. The number of rotatable bonds is 6. The van der Waals surface area contributed by atoms with Crippen molar-refractivity contribution >= 4 is 20.7 Å². The second-order valence-electron chi connectivity index (χ2n) is 8.06. The predicted octanol–water partition coefficient (Wildman–Crippen LogP) is 4.13. The van der Waals surface area contributed by atoms with E-state index in [0.717, 1.165) is 23.1 Å². The summed E-state index contributed by atoms with van der Waals surface area (Å²) in [5, 5.41) is 1.23. The molecule has 148 valence electrons. The average Bonchev–Trinajstić information content (AvgIpc) is 3.27. The lowest BCUT2D eigenvalue weighted by molar-refractivity contribution is 0.310. The zero-order valence-corrected chi connectivity index (χ0v) is 17.4. The maximum absolute atomic E-state index is 12.7. The second-order valence-corrected chi connectivity index (χ2v) is 10.2. The van der Waals surface area contributed by atoms with Gasteiger partial charge in [-0.05, 0) is 81.6 Å². The summed E-state index contributed by atoms with van der Waals surface area (Å²) in [6.45, 7) is 3.14. The number of sulfone groups is 1. The lowest BCUT2D eigenvalue weighted by Crippen LogP contribution is -2.26. The van der Waals surface area contributed by atoms with Crippen LogP contribution in [0.1, 0.15) is 29.5 Å². The molecule has 0 unspecified atom stereocenters. The molecule has 28 heavy (non-hydrogen) atoms. The van der Waals surface area contributed by atoms with Crippen molar-refractivity contribution in [1.29, 1.82) is 0 Å². The molecule has 0 radical (unpaired) electrons. The summed E-state index contributed by atoms with van der Waals surface area (Å²) in [4.78, 5) is 6.22. The highest BCUT2D eigenvalue weighted by Crippen LogP contribution is 2.26. The van der Waals surface area contributed by atoms with E-state index in [-0.39, 0.29) is 5.75 Å². The summed E-state index contributed by atoms with van der Waals surface area (Å²) in [6.07, 6.45) is 6.20. The van der Waals surface area contributed by atoms with Crippen LogP contribution in [0.15, 0.2) is 53.6 Å². The van der Waals surface area contributed by atoms with E-state index in [9.17, 15) is 8.42 Å². The number of H-pyrrole nitrogens is 1. The van der Waals surface area contributed by atoms with Crippen LogP contribution in [0, 0.1) is 6.92 Å². The van der Waals surface area contributed by atoms with Crippen molar-refractivity contribution in [3.8, 4) is 0 Å². The number of aromatic nitrogens is 1. The van der Waals surface area contributed by atoms with Gasteiger partial charge in [0.15, 0.2) is 9.84 Å². The molecule has 1 saturated heterocycles. The Kier molecular flexibility index (Phi) is 5.30. The van der Waals surface area contributed by atoms with Gasteiger partial charge in [0, 0.05) is 23.1 Å². The van der Waals surface area contributed by atoms with Crippen molar-refractivity contribution in [3.63, 3.8) is 0 Å². The highest BCUT2D eigenvalue weighted by Gasteiger charge is 2.22. The Balaban J connectivity index is 1.51. The van der Waals surface area contributed by atoms with Crippen LogP contribution in [0.5, 0.6) is 0 Å². The van der Waals surface area contributed by atoms with Crippen LogP contribution in [-0.2, 0) is 22.7 Å². The van der Waals surface area contributed by atoms with Gasteiger partial charge in [0.25, 0.3) is 0 Å². The third-order valence-electron chi connectivity index (χ3n) is 6.00. The third kappa shape index (κ3) is 4.01. The van der Waals surface area contributed by atoms with Crippen LogP contribution in [-0.4, -0.2) is 43.7 Å². The Morgan fingerprint density at radius 2 is 1.93 bits per heavy atom. The molecule has 0 amide bonds. The van der Waals surface area contributed by atoms with E-state index < -0.39 is 9.84 Å². The zero-order chi connectivity index (χ0) is 19.7. The highest BCUT2D eigenvalue weighted by molar-refractivity contribution is 7.91. The van der Waals surface area contributed by atoms with Crippen molar-refractivity contribution in [2.75, 3.05) is 19.3 Å². The molecule has 0 bridgehead atoms. The van der Waals surface area contributed by atoms with Crippen molar-refractivity contribution < 1.29 is 8.42 Å². The van der Waals surface area contributed by atoms with E-state index in [1.54, 1.807) is 12.1 Å². The predicted molar refractivity (Wildman–Crippen MR) is 115 cm³/mol. The number of likely N-dealkylation sites (N-methyl/N-ethyl adjacent to an activating group) is 1. The lowest BCUT2D eigenvalue weighted by Gasteiger charge is -2.18. The number of nitrogens with zero attached hydrogens (tertiary/aromatic N) is 1. The van der Waals surface area contributed by atoms with E-state index in [1.165, 1.54) is 30.3 Å². The molecule has 0 aliphatic carbocycles. The first-order chi connectivity index (χ1) is 13.4. The van der Waals surface area contributed by atoms with E-state index >= 15 is 0 Å². The van der Waals surface area contributed by atoms with Gasteiger partial charge in [-0.15, -0.1) is 0 Å². The molecule has 1 atom stereocenters. The lowest BCUT2D eigenvalue weighted by atomic mass is 10.0. The molecule has 2 heterocycles. The molecule has 5 heteroatoms. The van der Waals surface area contributed by atoms with E-state index in [0.29, 0.717) is 17.4 Å². The van der Waals surface area contributed by atoms with Crippen LogP contribution in [0.4, 0.5) is 0 Å². The summed E-state index contributed by atoms with van der Waals surface area (Å²) < 4.78 is 25.3. The minimum atomic E-state index is -3.27. The zero-order valence-electron chi connectivity index (χ0n) is 16.6. The van der Waals surface area contributed by atoms with Gasteiger partial charge < -0.3 is 9.88 Å². The van der Waals surface area contributed by atoms with Gasteiger partial charge in [0.2, 0.25) is 0 Å². The van der Waals surface area contributed by atoms with Gasteiger partial charge in [-0.1, -0.05) is 23.8 Å². The number of fused-ring (bicyclic) bond motifs is 1. The van der Waals surface area contributed by atoms with Crippen LogP contribution in [0.25, 0.3) is 10.9 Å². The summed E-state index contributed by atoms with van der Waals surface area (Å²) in [6, 6.07) is 14.0. The number of nitrogens with one attached hydrogen (secondary N) is 1. The molecule has 0 spiro atoms. The standard InChI is InChI=1S/C23H28N2O2S/c1-17-5-8-21(9-6-17)28(26,27)13-11-18-7-10-23-22(14-18)19(16-24-23)15-20-4-3-12-25(20)2/h5-10,14,16,20,24H,3-4,11-13,15H2,1-2H3/t20-/m1/s1. The molecule has 1 aliphatic rings. The first-order valence-electron chi connectivity index (χ1n) is 10.0. The molecular weight excluding hydrogens is 368 g/mol. The molecule has 2 aromatic carbocycles. The molecule has 3 aromatic rings. The molecule has 4 nitrogen and oxygen atoms in total. The fourth-order valence-corrected chi connectivity index (χ4v) is 5.45. The minimum absolute atomic E-state index is 0.132. The number of aromatic amines is 1. The SMILES string of the molecule is Cc1ccc(S(=O)(=O)CCc2ccc3[nH]cc(C[C@H]4CCCN4C)c3c2)cc1. The summed E-state index contributed by atoms with van der Waals surface area (Å²) in [5.74, 6) is 0.132. The van der Waals surface area contributed by atoms with Gasteiger partial charge in [0.1, 0.15) is 0 Å².